The van der Waals surface area contributed by atoms with Crippen molar-refractivity contribution in [3.8, 4) is 6.07 Å². The third-order valence-corrected chi connectivity index (χ3v) is 4.63. The quantitative estimate of drug-likeness (QED) is 0.736. The number of rotatable bonds is 0. The molecule has 2 aliphatic heterocycles. The van der Waals surface area contributed by atoms with Gasteiger partial charge in [-0.3, -0.25) is 9.00 Å². The number of carbonyl (C=O) groups excluding carboxylic acids is 1. The first-order valence-corrected chi connectivity index (χ1v) is 7.15. The van der Waals surface area contributed by atoms with Gasteiger partial charge in [-0.15, -0.1) is 0 Å². The largest absolute Gasteiger partial charge is 0.356 e. The molecule has 1 saturated heterocycles. The van der Waals surface area contributed by atoms with Crippen LogP contribution in [-0.2, 0) is 15.6 Å². The molecular formula is C12H11N3O2S. The van der Waals surface area contributed by atoms with Crippen LogP contribution in [0.3, 0.4) is 0 Å². The van der Waals surface area contributed by atoms with E-state index in [0.29, 0.717) is 29.3 Å². The molecule has 1 amide bonds. The van der Waals surface area contributed by atoms with Crippen LogP contribution in [-0.4, -0.2) is 34.2 Å². The first-order chi connectivity index (χ1) is 8.70. The molecule has 2 unspecified atom stereocenters. The molecule has 3 rings (SSSR count). The summed E-state index contributed by atoms with van der Waals surface area (Å²) in [4.78, 5) is 14.0. The number of hydrogen-bond donors (Lipinski definition) is 1. The summed E-state index contributed by atoms with van der Waals surface area (Å²) < 4.78 is 11.6. The number of para-hydroxylation sites is 1. The van der Waals surface area contributed by atoms with Crippen LogP contribution in [0, 0.1) is 11.3 Å². The van der Waals surface area contributed by atoms with Gasteiger partial charge in [0.25, 0.3) is 0 Å². The Bertz CT molecular complexity index is 593. The highest BCUT2D eigenvalue weighted by molar-refractivity contribution is 7.85. The van der Waals surface area contributed by atoms with Gasteiger partial charge < -0.3 is 10.2 Å². The molecule has 1 aromatic carbocycles. The van der Waals surface area contributed by atoms with E-state index in [4.69, 9.17) is 5.26 Å². The highest BCUT2D eigenvalue weighted by Crippen LogP contribution is 2.35. The van der Waals surface area contributed by atoms with Crippen LogP contribution >= 0.6 is 0 Å². The van der Waals surface area contributed by atoms with Gasteiger partial charge in [-0.25, -0.2) is 0 Å². The molecule has 0 aromatic heterocycles. The number of anilines is 2. The lowest BCUT2D eigenvalue weighted by atomic mass is 10.1. The Hall–Kier alpha value is -1.87. The highest BCUT2D eigenvalue weighted by Gasteiger charge is 2.37. The molecule has 2 aliphatic rings. The number of hydrogen-bond acceptors (Lipinski definition) is 4. The lowest BCUT2D eigenvalue weighted by Gasteiger charge is -2.40. The van der Waals surface area contributed by atoms with Crippen LogP contribution in [0.25, 0.3) is 0 Å². The zero-order chi connectivity index (χ0) is 12.7. The topological polar surface area (TPSA) is 73.2 Å². The van der Waals surface area contributed by atoms with Crippen molar-refractivity contribution in [3.63, 3.8) is 0 Å². The third-order valence-electron chi connectivity index (χ3n) is 3.30. The summed E-state index contributed by atoms with van der Waals surface area (Å²) >= 11 is 0. The van der Waals surface area contributed by atoms with E-state index in [1.807, 2.05) is 11.0 Å². The molecule has 0 bridgehead atoms. The monoisotopic (exact) mass is 261 g/mol. The van der Waals surface area contributed by atoms with Crippen LogP contribution in [0.15, 0.2) is 18.2 Å². The number of fused-ring (bicyclic) bond motifs is 3. The van der Waals surface area contributed by atoms with E-state index in [9.17, 15) is 9.00 Å². The second-order valence-electron chi connectivity index (χ2n) is 4.32. The Balaban J connectivity index is 2.10. The van der Waals surface area contributed by atoms with Gasteiger partial charge in [0, 0.05) is 23.1 Å². The fraction of sp³-hybridized carbons (Fsp3) is 0.333. The molecule has 6 heteroatoms. The van der Waals surface area contributed by atoms with Gasteiger partial charge in [-0.1, -0.05) is 6.07 Å². The van der Waals surface area contributed by atoms with Crippen LogP contribution < -0.4 is 10.2 Å². The van der Waals surface area contributed by atoms with E-state index in [0.717, 1.165) is 5.69 Å². The minimum atomic E-state index is -0.931. The van der Waals surface area contributed by atoms with Crippen molar-refractivity contribution in [1.82, 2.24) is 0 Å². The van der Waals surface area contributed by atoms with Gasteiger partial charge >= 0.3 is 0 Å². The molecule has 92 valence electrons. The standard InChI is InChI=1S/C12H11N3O2S/c13-6-8-2-1-3-9-11(8)14-12(16)10-7-18(17)5-4-15(9)10/h1-3,10H,4-5,7H2,(H,14,16). The molecular weight excluding hydrogens is 250 g/mol. The Labute approximate surface area is 107 Å². The SMILES string of the molecule is N#Cc1cccc2c1NC(=O)C1CS(=O)CCN21. The van der Waals surface area contributed by atoms with Crippen molar-refractivity contribution in [2.24, 2.45) is 0 Å². The van der Waals surface area contributed by atoms with E-state index in [1.165, 1.54) is 0 Å². The van der Waals surface area contributed by atoms with Crippen LogP contribution in [0.5, 0.6) is 0 Å². The summed E-state index contributed by atoms with van der Waals surface area (Å²) in [5.74, 6) is 0.764. The number of amides is 1. The Morgan fingerprint density at radius 1 is 1.50 bits per heavy atom. The van der Waals surface area contributed by atoms with E-state index >= 15 is 0 Å². The predicted molar refractivity (Wildman–Crippen MR) is 68.8 cm³/mol. The fourth-order valence-corrected chi connectivity index (χ4v) is 3.67. The van der Waals surface area contributed by atoms with Crippen molar-refractivity contribution >= 4 is 28.1 Å². The van der Waals surface area contributed by atoms with Crippen molar-refractivity contribution in [2.75, 3.05) is 28.3 Å². The molecule has 2 atom stereocenters. The maximum absolute atomic E-state index is 12.0. The minimum Gasteiger partial charge on any atom is -0.356 e. The van der Waals surface area contributed by atoms with Gasteiger partial charge in [0.1, 0.15) is 12.1 Å². The summed E-state index contributed by atoms with van der Waals surface area (Å²) in [6.45, 7) is 0.590. The van der Waals surface area contributed by atoms with E-state index < -0.39 is 10.8 Å². The predicted octanol–water partition coefficient (Wildman–Crippen LogP) is 0.448. The van der Waals surface area contributed by atoms with Gasteiger partial charge in [-0.2, -0.15) is 5.26 Å². The summed E-state index contributed by atoms with van der Waals surface area (Å²) in [5.41, 5.74) is 1.90. The lowest BCUT2D eigenvalue weighted by molar-refractivity contribution is -0.117. The maximum atomic E-state index is 12.0. The first-order valence-electron chi connectivity index (χ1n) is 5.66. The van der Waals surface area contributed by atoms with Crippen molar-refractivity contribution < 1.29 is 9.00 Å². The second kappa shape index (κ2) is 4.10. The maximum Gasteiger partial charge on any atom is 0.248 e. The Morgan fingerprint density at radius 2 is 2.33 bits per heavy atom. The van der Waals surface area contributed by atoms with Crippen LogP contribution in [0.4, 0.5) is 11.4 Å². The number of nitrogens with zero attached hydrogens (tertiary/aromatic N) is 2. The van der Waals surface area contributed by atoms with Gasteiger partial charge in [0.15, 0.2) is 0 Å². The molecule has 2 heterocycles. The molecule has 0 radical (unpaired) electrons. The summed E-state index contributed by atoms with van der Waals surface area (Å²) in [6, 6.07) is 7.08. The summed E-state index contributed by atoms with van der Waals surface area (Å²) in [6.07, 6.45) is 0. The van der Waals surface area contributed by atoms with Crippen molar-refractivity contribution in [3.05, 3.63) is 23.8 Å². The van der Waals surface area contributed by atoms with E-state index in [-0.39, 0.29) is 11.9 Å². The summed E-state index contributed by atoms with van der Waals surface area (Å²) in [7, 11) is -0.931. The molecule has 1 fully saturated rings. The Morgan fingerprint density at radius 3 is 3.11 bits per heavy atom. The van der Waals surface area contributed by atoms with E-state index in [1.54, 1.807) is 12.1 Å². The lowest BCUT2D eigenvalue weighted by Crippen LogP contribution is -2.55. The Kier molecular flexibility index (Phi) is 2.56. The highest BCUT2D eigenvalue weighted by atomic mass is 32.2. The van der Waals surface area contributed by atoms with Crippen LogP contribution in [0.2, 0.25) is 0 Å². The number of nitrogens with one attached hydrogen (secondary N) is 1. The van der Waals surface area contributed by atoms with Crippen molar-refractivity contribution in [1.29, 1.82) is 5.26 Å². The van der Waals surface area contributed by atoms with Gasteiger partial charge in [-0.05, 0) is 12.1 Å². The van der Waals surface area contributed by atoms with Crippen molar-refractivity contribution in [2.45, 2.75) is 6.04 Å². The van der Waals surface area contributed by atoms with Gasteiger partial charge in [0.2, 0.25) is 5.91 Å². The third kappa shape index (κ3) is 1.59. The molecule has 0 saturated carbocycles. The molecule has 18 heavy (non-hydrogen) atoms. The second-order valence-corrected chi connectivity index (χ2v) is 5.94. The molecule has 1 N–H and O–H groups in total. The molecule has 5 nitrogen and oxygen atoms in total. The molecule has 0 aliphatic carbocycles. The van der Waals surface area contributed by atoms with E-state index in [2.05, 4.69) is 11.4 Å². The van der Waals surface area contributed by atoms with Crippen LogP contribution in [0.1, 0.15) is 5.56 Å². The number of nitriles is 1. The average molecular weight is 261 g/mol. The molecule has 1 aromatic rings. The van der Waals surface area contributed by atoms with Gasteiger partial charge in [0.05, 0.1) is 22.7 Å². The smallest absolute Gasteiger partial charge is 0.248 e. The summed E-state index contributed by atoms with van der Waals surface area (Å²) in [5, 5.41) is 11.8. The average Bonchev–Trinajstić information content (AvgIpc) is 2.38. The fourth-order valence-electron chi connectivity index (χ4n) is 2.42. The molecule has 0 spiro atoms. The zero-order valence-electron chi connectivity index (χ0n) is 9.55. The normalized spacial score (nSPS) is 25.7. The zero-order valence-corrected chi connectivity index (χ0v) is 10.4. The number of benzene rings is 1. The number of carbonyl (C=O) groups is 1. The minimum absolute atomic E-state index is 0.168. The first kappa shape index (κ1) is 11.2.